The molecule has 1 aromatic carbocycles. The molecule has 4 N–H and O–H groups in total. The summed E-state index contributed by atoms with van der Waals surface area (Å²) in [6.07, 6.45) is 5.08. The fraction of sp³-hybridized carbons (Fsp3) is 0.412. The summed E-state index contributed by atoms with van der Waals surface area (Å²) in [5, 5.41) is 5.55. The van der Waals surface area contributed by atoms with E-state index in [9.17, 15) is 9.59 Å². The van der Waals surface area contributed by atoms with Gasteiger partial charge in [0.15, 0.2) is 0 Å². The smallest absolute Gasteiger partial charge is 0.253 e. The van der Waals surface area contributed by atoms with Crippen LogP contribution in [0.1, 0.15) is 36.0 Å². The van der Waals surface area contributed by atoms with E-state index in [-0.39, 0.29) is 36.2 Å². The number of carbonyl (C=O) groups is 2. The SMILES string of the molecule is C=CCNC(=O)c1ccccc1NC(=O)C[C@@H]1CCC[C@H]1N.Cl. The summed E-state index contributed by atoms with van der Waals surface area (Å²) in [5.74, 6) is -0.0820. The number of benzene rings is 1. The molecule has 0 unspecified atom stereocenters. The first-order valence-electron chi connectivity index (χ1n) is 7.65. The number of halogens is 1. The van der Waals surface area contributed by atoms with E-state index in [1.165, 1.54) is 0 Å². The highest BCUT2D eigenvalue weighted by Gasteiger charge is 2.26. The Kier molecular flexibility index (Phi) is 7.78. The van der Waals surface area contributed by atoms with Crippen LogP contribution in [0.25, 0.3) is 0 Å². The Morgan fingerprint density at radius 2 is 2.04 bits per heavy atom. The van der Waals surface area contributed by atoms with E-state index in [1.54, 1.807) is 30.3 Å². The highest BCUT2D eigenvalue weighted by molar-refractivity contribution is 6.03. The van der Waals surface area contributed by atoms with Crippen molar-refractivity contribution < 1.29 is 9.59 Å². The molecular weight excluding hydrogens is 314 g/mol. The van der Waals surface area contributed by atoms with Crippen LogP contribution in [-0.2, 0) is 4.79 Å². The fourth-order valence-electron chi connectivity index (χ4n) is 2.81. The number of hydrogen-bond donors (Lipinski definition) is 3. The molecule has 0 saturated heterocycles. The van der Waals surface area contributed by atoms with E-state index in [0.717, 1.165) is 19.3 Å². The summed E-state index contributed by atoms with van der Waals surface area (Å²) in [7, 11) is 0. The van der Waals surface area contributed by atoms with Gasteiger partial charge in [0.2, 0.25) is 5.91 Å². The molecule has 0 spiro atoms. The van der Waals surface area contributed by atoms with Crippen molar-refractivity contribution in [3.8, 4) is 0 Å². The van der Waals surface area contributed by atoms with Crippen LogP contribution in [0.2, 0.25) is 0 Å². The summed E-state index contributed by atoms with van der Waals surface area (Å²) in [6.45, 7) is 3.95. The van der Waals surface area contributed by atoms with Crippen LogP contribution in [0.15, 0.2) is 36.9 Å². The lowest BCUT2D eigenvalue weighted by atomic mass is 9.99. The summed E-state index contributed by atoms with van der Waals surface area (Å²) >= 11 is 0. The van der Waals surface area contributed by atoms with Gasteiger partial charge in [-0.2, -0.15) is 0 Å². The Labute approximate surface area is 143 Å². The number of nitrogens with two attached hydrogens (primary N) is 1. The summed E-state index contributed by atoms with van der Waals surface area (Å²) in [5.41, 5.74) is 6.98. The average molecular weight is 338 g/mol. The third kappa shape index (κ3) is 5.37. The van der Waals surface area contributed by atoms with Crippen LogP contribution in [0.5, 0.6) is 0 Å². The standard InChI is InChI=1S/C17H23N3O2.ClH/c1-2-10-19-17(22)13-7-3-4-9-15(13)20-16(21)11-12-6-5-8-14(12)18;/h2-4,7,9,12,14H,1,5-6,8,10-11,18H2,(H,19,22)(H,20,21);1H/t12-,14+;/m0./s1. The van der Waals surface area contributed by atoms with Gasteiger partial charge in [0, 0.05) is 19.0 Å². The van der Waals surface area contributed by atoms with Crippen molar-refractivity contribution in [2.24, 2.45) is 11.7 Å². The quantitative estimate of drug-likeness (QED) is 0.697. The summed E-state index contributed by atoms with van der Waals surface area (Å²) in [4.78, 5) is 24.3. The highest BCUT2D eigenvalue weighted by atomic mass is 35.5. The molecule has 6 heteroatoms. The zero-order chi connectivity index (χ0) is 15.9. The normalized spacial score (nSPS) is 19.5. The van der Waals surface area contributed by atoms with Crippen molar-refractivity contribution in [1.29, 1.82) is 0 Å². The third-order valence-corrected chi connectivity index (χ3v) is 4.02. The van der Waals surface area contributed by atoms with E-state index < -0.39 is 0 Å². The number of carbonyl (C=O) groups excluding carboxylic acids is 2. The van der Waals surface area contributed by atoms with E-state index in [2.05, 4.69) is 17.2 Å². The molecule has 1 aromatic rings. The van der Waals surface area contributed by atoms with Gasteiger partial charge < -0.3 is 16.4 Å². The van der Waals surface area contributed by atoms with Crippen LogP contribution in [-0.4, -0.2) is 24.4 Å². The lowest BCUT2D eigenvalue weighted by Gasteiger charge is -2.16. The van der Waals surface area contributed by atoms with Gasteiger partial charge in [-0.05, 0) is 30.9 Å². The van der Waals surface area contributed by atoms with Crippen LogP contribution < -0.4 is 16.4 Å². The molecule has 2 amide bonds. The molecule has 1 aliphatic rings. The first kappa shape index (κ1) is 19.2. The number of nitrogens with one attached hydrogen (secondary N) is 2. The highest BCUT2D eigenvalue weighted by Crippen LogP contribution is 2.27. The Morgan fingerprint density at radius 1 is 1.30 bits per heavy atom. The number of amides is 2. The molecule has 23 heavy (non-hydrogen) atoms. The van der Waals surface area contributed by atoms with E-state index in [0.29, 0.717) is 24.2 Å². The molecule has 1 aliphatic carbocycles. The fourth-order valence-corrected chi connectivity index (χ4v) is 2.81. The van der Waals surface area contributed by atoms with Crippen molar-refractivity contribution in [2.45, 2.75) is 31.7 Å². The van der Waals surface area contributed by atoms with Gasteiger partial charge in [0.1, 0.15) is 0 Å². The average Bonchev–Trinajstić information content (AvgIpc) is 2.90. The predicted molar refractivity (Wildman–Crippen MR) is 94.8 cm³/mol. The predicted octanol–water partition coefficient (Wildman–Crippen LogP) is 2.48. The maximum atomic E-state index is 12.2. The number of anilines is 1. The first-order valence-corrected chi connectivity index (χ1v) is 7.65. The minimum Gasteiger partial charge on any atom is -0.349 e. The van der Waals surface area contributed by atoms with Crippen molar-refractivity contribution in [3.05, 3.63) is 42.5 Å². The topological polar surface area (TPSA) is 84.2 Å². The second kappa shape index (κ2) is 9.33. The zero-order valence-corrected chi connectivity index (χ0v) is 13.9. The Morgan fingerprint density at radius 3 is 2.70 bits per heavy atom. The lowest BCUT2D eigenvalue weighted by Crippen LogP contribution is -2.29. The maximum Gasteiger partial charge on any atom is 0.253 e. The van der Waals surface area contributed by atoms with Gasteiger partial charge in [-0.3, -0.25) is 9.59 Å². The lowest BCUT2D eigenvalue weighted by molar-refractivity contribution is -0.117. The molecule has 2 atom stereocenters. The van der Waals surface area contributed by atoms with E-state index >= 15 is 0 Å². The van der Waals surface area contributed by atoms with Crippen LogP contribution >= 0.6 is 12.4 Å². The van der Waals surface area contributed by atoms with Gasteiger partial charge in [0.25, 0.3) is 5.91 Å². The van der Waals surface area contributed by atoms with Crippen LogP contribution in [0.4, 0.5) is 5.69 Å². The van der Waals surface area contributed by atoms with Gasteiger partial charge in [-0.15, -0.1) is 19.0 Å². The minimum atomic E-state index is -0.228. The van der Waals surface area contributed by atoms with Crippen molar-refractivity contribution in [1.82, 2.24) is 5.32 Å². The number of rotatable bonds is 6. The largest absolute Gasteiger partial charge is 0.349 e. The second-order valence-electron chi connectivity index (χ2n) is 5.65. The molecule has 0 radical (unpaired) electrons. The molecule has 0 aliphatic heterocycles. The maximum absolute atomic E-state index is 12.2. The molecular formula is C17H24ClN3O2. The molecule has 0 bridgehead atoms. The molecule has 126 valence electrons. The monoisotopic (exact) mass is 337 g/mol. The van der Waals surface area contributed by atoms with Crippen molar-refractivity contribution >= 4 is 29.9 Å². The molecule has 0 aromatic heterocycles. The van der Waals surface area contributed by atoms with Crippen LogP contribution in [0, 0.1) is 5.92 Å². The van der Waals surface area contributed by atoms with Crippen LogP contribution in [0.3, 0.4) is 0 Å². The van der Waals surface area contributed by atoms with Crippen molar-refractivity contribution in [3.63, 3.8) is 0 Å². The Bertz CT molecular complexity index is 563. The Hall–Kier alpha value is -1.85. The van der Waals surface area contributed by atoms with Gasteiger partial charge in [-0.25, -0.2) is 0 Å². The summed E-state index contributed by atoms with van der Waals surface area (Å²) < 4.78 is 0. The van der Waals surface area contributed by atoms with Gasteiger partial charge >= 0.3 is 0 Å². The number of para-hydroxylation sites is 1. The number of hydrogen-bond acceptors (Lipinski definition) is 3. The minimum absolute atomic E-state index is 0. The van der Waals surface area contributed by atoms with Gasteiger partial charge in [0.05, 0.1) is 11.3 Å². The first-order chi connectivity index (χ1) is 10.6. The van der Waals surface area contributed by atoms with Gasteiger partial charge in [-0.1, -0.05) is 24.6 Å². The third-order valence-electron chi connectivity index (χ3n) is 4.02. The van der Waals surface area contributed by atoms with Crippen molar-refractivity contribution in [2.75, 3.05) is 11.9 Å². The molecule has 0 heterocycles. The molecule has 1 saturated carbocycles. The van der Waals surface area contributed by atoms with E-state index in [4.69, 9.17) is 5.73 Å². The molecule has 5 nitrogen and oxygen atoms in total. The van der Waals surface area contributed by atoms with E-state index in [1.807, 2.05) is 0 Å². The zero-order valence-electron chi connectivity index (χ0n) is 13.1. The Balaban J connectivity index is 0.00000264. The molecule has 1 fully saturated rings. The second-order valence-corrected chi connectivity index (χ2v) is 5.65. The summed E-state index contributed by atoms with van der Waals surface area (Å²) in [6, 6.07) is 7.09. The molecule has 2 rings (SSSR count).